The van der Waals surface area contributed by atoms with Crippen LogP contribution in [-0.2, 0) is 0 Å². The van der Waals surface area contributed by atoms with Crippen LogP contribution in [0, 0.1) is 0 Å². The summed E-state index contributed by atoms with van der Waals surface area (Å²) in [5.41, 5.74) is 73.1. The zero-order valence-electron chi connectivity index (χ0n) is 34.9. The SMILES string of the molecule is NCCN(CCN)CNC(c1nc(N(CN(CCN)CCN)CN(CCN)CCN)nc(N(CN(CCN)CCN)CN(CCN)CCN)n1)N(CCN)CCN. The summed E-state index contributed by atoms with van der Waals surface area (Å²) in [6, 6.07) is 0. The summed E-state index contributed by atoms with van der Waals surface area (Å²) in [7, 11) is 0. The van der Waals surface area contributed by atoms with Crippen LogP contribution >= 0.6 is 0 Å². The molecule has 0 spiro atoms. The zero-order valence-corrected chi connectivity index (χ0v) is 34.9. The lowest BCUT2D eigenvalue weighted by Crippen LogP contribution is -2.51. The van der Waals surface area contributed by atoms with Gasteiger partial charge in [-0.25, -0.2) is 0 Å². The van der Waals surface area contributed by atoms with Crippen LogP contribution in [0.5, 0.6) is 0 Å². The molecule has 0 bridgehead atoms. The Morgan fingerprint density at radius 1 is 0.351 bits per heavy atom. The van der Waals surface area contributed by atoms with Gasteiger partial charge in [0.2, 0.25) is 11.9 Å². The van der Waals surface area contributed by atoms with E-state index in [0.717, 1.165) is 0 Å². The van der Waals surface area contributed by atoms with E-state index in [9.17, 15) is 0 Å². The summed E-state index contributed by atoms with van der Waals surface area (Å²) < 4.78 is 0. The minimum Gasteiger partial charge on any atom is -0.329 e. The van der Waals surface area contributed by atoms with Crippen molar-refractivity contribution >= 4 is 11.9 Å². The lowest BCUT2D eigenvalue weighted by molar-refractivity contribution is 0.136. The minimum atomic E-state index is -0.527. The highest BCUT2D eigenvalue weighted by Gasteiger charge is 2.29. The van der Waals surface area contributed by atoms with Gasteiger partial charge >= 0.3 is 0 Å². The molecule has 336 valence electrons. The summed E-state index contributed by atoms with van der Waals surface area (Å²) in [4.78, 5) is 33.0. The summed E-state index contributed by atoms with van der Waals surface area (Å²) in [5.74, 6) is 1.37. The molecule has 1 heterocycles. The molecule has 24 nitrogen and oxygen atoms in total. The number of anilines is 2. The van der Waals surface area contributed by atoms with Gasteiger partial charge < -0.3 is 78.6 Å². The van der Waals surface area contributed by atoms with Gasteiger partial charge in [0, 0.05) is 164 Å². The highest BCUT2D eigenvalue weighted by atomic mass is 15.5. The summed E-state index contributed by atoms with van der Waals surface area (Å²) in [6.45, 7) is 14.7. The van der Waals surface area contributed by atoms with E-state index in [1.54, 1.807) is 0 Å². The summed E-state index contributed by atoms with van der Waals surface area (Å²) >= 11 is 0. The van der Waals surface area contributed by atoms with Gasteiger partial charge in [-0.05, 0) is 0 Å². The first-order chi connectivity index (χ1) is 27.7. The fourth-order valence-electron chi connectivity index (χ4n) is 6.49. The molecule has 24 heteroatoms. The van der Waals surface area contributed by atoms with E-state index in [2.05, 4.69) is 44.5 Å². The fourth-order valence-corrected chi connectivity index (χ4v) is 6.49. The molecule has 1 atom stereocenters. The van der Waals surface area contributed by atoms with Gasteiger partial charge in [0.15, 0.2) is 5.82 Å². The maximum atomic E-state index is 6.20. The smallest absolute Gasteiger partial charge is 0.232 e. The molecule has 0 saturated carbocycles. The molecule has 0 radical (unpaired) electrons. The Morgan fingerprint density at radius 3 is 0.877 bits per heavy atom. The van der Waals surface area contributed by atoms with E-state index in [1.807, 2.05) is 0 Å². The van der Waals surface area contributed by atoms with Gasteiger partial charge in [-0.1, -0.05) is 0 Å². The number of rotatable bonds is 39. The van der Waals surface area contributed by atoms with Gasteiger partial charge in [0.25, 0.3) is 0 Å². The molecule has 0 fully saturated rings. The third kappa shape index (κ3) is 21.1. The zero-order chi connectivity index (χ0) is 42.3. The molecule has 1 aromatic heterocycles. The van der Waals surface area contributed by atoms with Crippen molar-refractivity contribution in [1.82, 2.24) is 49.7 Å². The second kappa shape index (κ2) is 33.7. The van der Waals surface area contributed by atoms with Crippen LogP contribution in [0.2, 0.25) is 0 Å². The number of aromatic nitrogens is 3. The van der Waals surface area contributed by atoms with Crippen molar-refractivity contribution in [3.05, 3.63) is 5.82 Å². The van der Waals surface area contributed by atoms with Crippen LogP contribution in [0.4, 0.5) is 11.9 Å². The molecular formula is C33H84N24. The maximum absolute atomic E-state index is 6.20. The van der Waals surface area contributed by atoms with E-state index in [0.29, 0.717) is 208 Å². The van der Waals surface area contributed by atoms with Crippen LogP contribution < -0.4 is 83.9 Å². The molecule has 1 rings (SSSR count). The third-order valence-electron chi connectivity index (χ3n) is 9.08. The van der Waals surface area contributed by atoms with Crippen molar-refractivity contribution in [3.8, 4) is 0 Å². The highest BCUT2D eigenvalue weighted by Crippen LogP contribution is 2.22. The van der Waals surface area contributed by atoms with E-state index >= 15 is 0 Å². The van der Waals surface area contributed by atoms with Gasteiger partial charge in [0.05, 0.1) is 26.7 Å². The van der Waals surface area contributed by atoms with Crippen molar-refractivity contribution in [2.75, 3.05) is 200 Å². The first-order valence-electron chi connectivity index (χ1n) is 20.5. The number of nitrogens with two attached hydrogens (primary N) is 12. The monoisotopic (exact) mass is 817 g/mol. The molecule has 0 aliphatic heterocycles. The van der Waals surface area contributed by atoms with Crippen molar-refractivity contribution in [2.45, 2.75) is 6.17 Å². The van der Waals surface area contributed by atoms with Gasteiger partial charge in [-0.2, -0.15) is 15.0 Å². The molecule has 0 aliphatic carbocycles. The predicted octanol–water partition coefficient (Wildman–Crippen LogP) is -8.82. The quantitative estimate of drug-likeness (QED) is 0.0274. The Bertz CT molecular complexity index is 947. The molecular weight excluding hydrogens is 733 g/mol. The van der Waals surface area contributed by atoms with Gasteiger partial charge in [-0.15, -0.1) is 0 Å². The first kappa shape index (κ1) is 52.9. The maximum Gasteiger partial charge on any atom is 0.232 e. The molecule has 57 heavy (non-hydrogen) atoms. The van der Waals surface area contributed by atoms with Crippen molar-refractivity contribution in [3.63, 3.8) is 0 Å². The lowest BCUT2D eigenvalue weighted by Gasteiger charge is -2.38. The van der Waals surface area contributed by atoms with Crippen molar-refractivity contribution in [2.24, 2.45) is 68.8 Å². The van der Waals surface area contributed by atoms with Crippen LogP contribution in [0.25, 0.3) is 0 Å². The Kier molecular flexibility index (Phi) is 31.2. The van der Waals surface area contributed by atoms with E-state index in [4.69, 9.17) is 83.8 Å². The third-order valence-corrected chi connectivity index (χ3v) is 9.08. The molecule has 0 saturated heterocycles. The highest BCUT2D eigenvalue weighted by molar-refractivity contribution is 5.40. The molecule has 0 aromatic carbocycles. The lowest BCUT2D eigenvalue weighted by atomic mass is 10.3. The summed E-state index contributed by atoms with van der Waals surface area (Å²) in [6.07, 6.45) is -0.527. The number of hydrogen-bond acceptors (Lipinski definition) is 24. The van der Waals surface area contributed by atoms with Gasteiger partial charge in [0.1, 0.15) is 6.17 Å². The topological polar surface area (TPSA) is 389 Å². The van der Waals surface area contributed by atoms with Crippen LogP contribution in [-0.4, -0.2) is 235 Å². The molecule has 0 aliphatic rings. The van der Waals surface area contributed by atoms with E-state index in [1.165, 1.54) is 0 Å². The first-order valence-corrected chi connectivity index (χ1v) is 20.5. The largest absolute Gasteiger partial charge is 0.329 e. The van der Waals surface area contributed by atoms with E-state index < -0.39 is 6.17 Å². The molecule has 0 amide bonds. The second-order valence-corrected chi connectivity index (χ2v) is 13.8. The normalized spacial score (nSPS) is 12.7. The Labute approximate surface area is 342 Å². The Morgan fingerprint density at radius 2 is 0.614 bits per heavy atom. The number of nitrogens with one attached hydrogen (secondary N) is 1. The van der Waals surface area contributed by atoms with Crippen molar-refractivity contribution < 1.29 is 0 Å². The predicted molar refractivity (Wildman–Crippen MR) is 233 cm³/mol. The van der Waals surface area contributed by atoms with Crippen LogP contribution in [0.1, 0.15) is 12.0 Å². The Balaban J connectivity index is 4.29. The van der Waals surface area contributed by atoms with Crippen LogP contribution in [0.3, 0.4) is 0 Å². The second-order valence-electron chi connectivity index (χ2n) is 13.8. The molecule has 1 unspecified atom stereocenters. The van der Waals surface area contributed by atoms with Crippen molar-refractivity contribution in [1.29, 1.82) is 0 Å². The number of nitrogens with zero attached hydrogens (tertiary/aromatic N) is 11. The van der Waals surface area contributed by atoms with Gasteiger partial charge in [-0.3, -0.25) is 34.7 Å². The molecule has 1 aromatic rings. The minimum absolute atomic E-state index is 0.386. The molecule has 25 N–H and O–H groups in total. The fraction of sp³-hybridized carbons (Fsp3) is 0.909. The van der Waals surface area contributed by atoms with E-state index in [-0.39, 0.29) is 0 Å². The standard InChI is InChI=1S/C33H84N24/c34-1-13-50(14-2-35)25-46-31(55(23-11-44)24-12-45)30-47-32(56(26-51(15-3-36)16-4-37)27-52(17-5-38)18-6-39)49-33(48-30)57(28-53(19-7-40)20-8-41)29-54(21-9-42)22-10-43/h31,46H,1-29,34-45H2. The summed E-state index contributed by atoms with van der Waals surface area (Å²) in [5, 5.41) is 3.70. The number of hydrogen-bond donors (Lipinski definition) is 13. The van der Waals surface area contributed by atoms with Crippen LogP contribution in [0.15, 0.2) is 0 Å². The Hall–Kier alpha value is -2.15. The average Bonchev–Trinajstić information content (AvgIpc) is 3.18. The average molecular weight is 817 g/mol.